The highest BCUT2D eigenvalue weighted by Crippen LogP contribution is 2.27. The van der Waals surface area contributed by atoms with Crippen LogP contribution < -0.4 is 16.0 Å². The maximum absolute atomic E-state index is 15.3. The van der Waals surface area contributed by atoms with Crippen molar-refractivity contribution in [3.05, 3.63) is 71.8 Å². The van der Waals surface area contributed by atoms with E-state index in [0.717, 1.165) is 10.5 Å². The number of cyclic esters (lactones) is 1. The van der Waals surface area contributed by atoms with Gasteiger partial charge in [0.05, 0.1) is 5.60 Å². The predicted octanol–water partition coefficient (Wildman–Crippen LogP) is 4.37. The van der Waals surface area contributed by atoms with Crippen molar-refractivity contribution < 1.29 is 53.0 Å². The molecule has 0 saturated carbocycles. The molecule has 2 aromatic carbocycles. The summed E-state index contributed by atoms with van der Waals surface area (Å²) < 4.78 is 6.09. The molecule has 2 aromatic rings. The molecule has 2 aliphatic heterocycles. The van der Waals surface area contributed by atoms with Gasteiger partial charge in [-0.3, -0.25) is 38.4 Å². The molecule has 438 valence electrons. The molecule has 0 radical (unpaired) electrons. The summed E-state index contributed by atoms with van der Waals surface area (Å²) in [4.78, 5) is 140. The number of amides is 8. The van der Waals surface area contributed by atoms with Crippen LogP contribution in [0, 0.1) is 29.6 Å². The Kier molecular flexibility index (Phi) is 23.6. The maximum Gasteiger partial charge on any atom is 0.332 e. The average molecular weight is 1100 g/mol. The normalized spacial score (nSPS) is 26.5. The smallest absolute Gasteiger partial charge is 0.332 e. The van der Waals surface area contributed by atoms with E-state index in [-0.39, 0.29) is 38.1 Å². The second kappa shape index (κ2) is 28.7. The van der Waals surface area contributed by atoms with E-state index < -0.39 is 137 Å². The molecule has 4 rings (SSSR count). The number of fused-ring (bicyclic) bond motifs is 1. The molecule has 2 fully saturated rings. The van der Waals surface area contributed by atoms with Gasteiger partial charge in [0.1, 0.15) is 42.3 Å². The van der Waals surface area contributed by atoms with Gasteiger partial charge in [0.25, 0.3) is 5.91 Å². The molecule has 8 amide bonds. The number of rotatable bonds is 13. The topological polar surface area (TPSA) is 235 Å². The van der Waals surface area contributed by atoms with Crippen molar-refractivity contribution in [2.24, 2.45) is 29.6 Å². The van der Waals surface area contributed by atoms with Crippen molar-refractivity contribution in [3.63, 3.8) is 0 Å². The molecule has 0 aliphatic carbocycles. The molecule has 19 nitrogen and oxygen atoms in total. The summed E-state index contributed by atoms with van der Waals surface area (Å²) in [5, 5.41) is 20.5. The Morgan fingerprint density at radius 2 is 1.06 bits per heavy atom. The fourth-order valence-electron chi connectivity index (χ4n) is 11.0. The van der Waals surface area contributed by atoms with Crippen molar-refractivity contribution in [2.75, 3.05) is 34.7 Å². The molecule has 19 heteroatoms. The van der Waals surface area contributed by atoms with Crippen LogP contribution in [0.3, 0.4) is 0 Å². The Hall–Kier alpha value is -6.37. The van der Waals surface area contributed by atoms with Crippen LogP contribution in [0.4, 0.5) is 0 Å². The Morgan fingerprint density at radius 3 is 1.54 bits per heavy atom. The zero-order chi connectivity index (χ0) is 59.4. The second-order valence-electron chi connectivity index (χ2n) is 23.7. The number of benzene rings is 2. The Balaban J connectivity index is 1.98. The molecule has 2 saturated heterocycles. The number of carbonyl (C=O) groups excluding carboxylic acids is 9. The number of carbonyl (C=O) groups is 9. The first-order valence-electron chi connectivity index (χ1n) is 28.3. The molecule has 0 spiro atoms. The van der Waals surface area contributed by atoms with E-state index in [1.807, 2.05) is 57.2 Å². The molecular formula is C60H92N8O11. The van der Waals surface area contributed by atoms with Gasteiger partial charge in [0, 0.05) is 53.5 Å². The molecule has 2 heterocycles. The van der Waals surface area contributed by atoms with Gasteiger partial charge < -0.3 is 50.3 Å². The quantitative estimate of drug-likeness (QED) is 0.206. The van der Waals surface area contributed by atoms with Crippen molar-refractivity contribution in [2.45, 2.75) is 188 Å². The summed E-state index contributed by atoms with van der Waals surface area (Å²) in [6.07, 6.45) is 0.101. The van der Waals surface area contributed by atoms with E-state index >= 15 is 9.59 Å². The third-order valence-corrected chi connectivity index (χ3v) is 15.8. The van der Waals surface area contributed by atoms with Crippen molar-refractivity contribution >= 4 is 53.2 Å². The average Bonchev–Trinajstić information content (AvgIpc) is 3.93. The molecule has 0 aromatic heterocycles. The number of nitrogens with one attached hydrogen (secondary N) is 3. The number of hydrogen-bond donors (Lipinski definition) is 4. The van der Waals surface area contributed by atoms with Crippen LogP contribution in [-0.2, 0) is 60.7 Å². The van der Waals surface area contributed by atoms with E-state index in [9.17, 15) is 38.7 Å². The molecule has 2 aliphatic rings. The monoisotopic (exact) mass is 1100 g/mol. The summed E-state index contributed by atoms with van der Waals surface area (Å²) >= 11 is 0. The highest BCUT2D eigenvalue weighted by molar-refractivity contribution is 5.99. The molecule has 11 atom stereocenters. The molecule has 0 bridgehead atoms. The summed E-state index contributed by atoms with van der Waals surface area (Å²) in [6, 6.07) is 8.11. The van der Waals surface area contributed by atoms with Crippen LogP contribution in [0.5, 0.6) is 0 Å². The summed E-state index contributed by atoms with van der Waals surface area (Å²) in [7, 11) is 5.67. The van der Waals surface area contributed by atoms with E-state index in [2.05, 4.69) is 16.0 Å². The lowest BCUT2D eigenvalue weighted by Gasteiger charge is -2.39. The Labute approximate surface area is 469 Å². The highest BCUT2D eigenvalue weighted by Gasteiger charge is 2.48. The predicted molar refractivity (Wildman–Crippen MR) is 301 cm³/mol. The lowest BCUT2D eigenvalue weighted by molar-refractivity contribution is -0.177. The fraction of sp³-hybridized carbons (Fsp3) is 0.650. The minimum absolute atomic E-state index is 0.00676. The number of aliphatic hydroxyl groups is 1. The van der Waals surface area contributed by atoms with Crippen LogP contribution in [0.15, 0.2) is 60.7 Å². The standard InChI is InChI=1S/C60H92N8O11/c1-17-38(9)46-57(75)65(14)47(36(5)6)52(70)61-42(32-35(3)4)55(73)67(16)50(60(11,12)78)59(77)79-49(39(10)18-2)58(76)66(15)48(37(7)8)53(71)62-43(33-40-26-21-19-22-27-40)54(72)64(13)45(34-41-28-23-20-24-29-41)56(74)68-31-25-30-44(68)51(69)63-46/h19-24,26-29,35-39,42-50,78H,17-18,25,30-34H2,1-16H3,(H,61,70)(H,62,71)(H,63,69)/t38-,39-,42+,43+,44+,45+,46-,47+,48+,49+,50-/m1/s1. The number of hydrogen-bond acceptors (Lipinski definition) is 11. The first kappa shape index (κ1) is 65.2. The van der Waals surface area contributed by atoms with Gasteiger partial charge in [-0.15, -0.1) is 0 Å². The van der Waals surface area contributed by atoms with E-state index in [0.29, 0.717) is 24.8 Å². The molecule has 0 unspecified atom stereocenters. The van der Waals surface area contributed by atoms with Gasteiger partial charge in [-0.05, 0) is 74.3 Å². The van der Waals surface area contributed by atoms with E-state index in [4.69, 9.17) is 4.74 Å². The second-order valence-corrected chi connectivity index (χ2v) is 23.7. The fourth-order valence-corrected chi connectivity index (χ4v) is 11.0. The molecule has 79 heavy (non-hydrogen) atoms. The summed E-state index contributed by atoms with van der Waals surface area (Å²) in [5.41, 5.74) is -0.551. The lowest BCUT2D eigenvalue weighted by atomic mass is 9.93. The van der Waals surface area contributed by atoms with E-state index in [1.54, 1.807) is 72.7 Å². The summed E-state index contributed by atoms with van der Waals surface area (Å²) in [5.74, 6) is -8.65. The van der Waals surface area contributed by atoms with Gasteiger partial charge in [-0.25, -0.2) is 4.79 Å². The van der Waals surface area contributed by atoms with Crippen LogP contribution in [0.25, 0.3) is 0 Å². The van der Waals surface area contributed by atoms with Crippen molar-refractivity contribution in [3.8, 4) is 0 Å². The maximum atomic E-state index is 15.3. The number of nitrogens with zero attached hydrogens (tertiary/aromatic N) is 5. The van der Waals surface area contributed by atoms with Gasteiger partial charge >= 0.3 is 5.97 Å². The largest absolute Gasteiger partial charge is 0.450 e. The minimum atomic E-state index is -1.97. The lowest BCUT2D eigenvalue weighted by Crippen LogP contribution is -2.63. The highest BCUT2D eigenvalue weighted by atomic mass is 16.6. The van der Waals surface area contributed by atoms with E-state index in [1.165, 1.54) is 61.6 Å². The number of ether oxygens (including phenoxy) is 1. The first-order chi connectivity index (χ1) is 37.0. The van der Waals surface area contributed by atoms with Crippen LogP contribution in [0.2, 0.25) is 0 Å². The van der Waals surface area contributed by atoms with Crippen LogP contribution >= 0.6 is 0 Å². The molecular weight excluding hydrogens is 1010 g/mol. The van der Waals surface area contributed by atoms with Gasteiger partial charge in [-0.1, -0.05) is 136 Å². The Morgan fingerprint density at radius 1 is 0.582 bits per heavy atom. The minimum Gasteiger partial charge on any atom is -0.450 e. The van der Waals surface area contributed by atoms with Gasteiger partial charge in [-0.2, -0.15) is 0 Å². The molecule has 4 N–H and O–H groups in total. The van der Waals surface area contributed by atoms with Crippen LogP contribution in [0.1, 0.15) is 126 Å². The van der Waals surface area contributed by atoms with Gasteiger partial charge in [0.2, 0.25) is 41.4 Å². The van der Waals surface area contributed by atoms with Crippen LogP contribution in [-0.4, -0.2) is 178 Å². The zero-order valence-electron chi connectivity index (χ0n) is 49.8. The third-order valence-electron chi connectivity index (χ3n) is 15.8. The van der Waals surface area contributed by atoms with Crippen molar-refractivity contribution in [1.82, 2.24) is 40.4 Å². The summed E-state index contributed by atoms with van der Waals surface area (Å²) in [6.45, 7) is 20.6. The SMILES string of the molecule is CC[C@@H](C)[C@@H]1OC(=O)[C@H](C(C)(C)O)N(C)C(=O)[C@H](CC(C)C)NC(=O)[C@H](C(C)C)N(C)C(=O)[C@@H]([C@H](C)CC)NC(=O)[C@@H]2CCCN2C(=O)[C@H](Cc2ccccc2)N(C)C(=O)[C@H](Cc2ccccc2)NC(=O)[C@H](C(C)C)N(C)C1=O. The van der Waals surface area contributed by atoms with Gasteiger partial charge in [0.15, 0.2) is 12.1 Å². The first-order valence-corrected chi connectivity index (χ1v) is 28.3. The third kappa shape index (κ3) is 16.4. The Bertz CT molecular complexity index is 2430. The number of likely N-dealkylation sites (N-methyl/N-ethyl adjacent to an activating group) is 4. The zero-order valence-corrected chi connectivity index (χ0v) is 49.8. The van der Waals surface area contributed by atoms with Crippen molar-refractivity contribution in [1.29, 1.82) is 0 Å². The number of esters is 1.